The van der Waals surface area contributed by atoms with Gasteiger partial charge in [-0.3, -0.25) is 19.4 Å². The summed E-state index contributed by atoms with van der Waals surface area (Å²) in [6.07, 6.45) is 5.24. The molecule has 3 rings (SSSR count). The average molecular weight is 498 g/mol. The van der Waals surface area contributed by atoms with E-state index in [0.717, 1.165) is 6.42 Å². The molecule has 10 heteroatoms. The molecule has 36 heavy (non-hydrogen) atoms. The van der Waals surface area contributed by atoms with Crippen molar-refractivity contribution in [3.63, 3.8) is 0 Å². The summed E-state index contributed by atoms with van der Waals surface area (Å²) in [6, 6.07) is 4.68. The summed E-state index contributed by atoms with van der Waals surface area (Å²) in [5, 5.41) is 2.83. The number of rotatable bonds is 5. The third kappa shape index (κ3) is 6.57. The van der Waals surface area contributed by atoms with Gasteiger partial charge in [-0.15, -0.1) is 0 Å². The van der Waals surface area contributed by atoms with E-state index in [1.54, 1.807) is 42.2 Å². The topological polar surface area (TPSA) is 114 Å². The maximum atomic E-state index is 13.4. The van der Waals surface area contributed by atoms with Crippen molar-refractivity contribution in [3.05, 3.63) is 48.0 Å². The first-order valence-corrected chi connectivity index (χ1v) is 12.2. The van der Waals surface area contributed by atoms with Crippen molar-refractivity contribution in [1.29, 1.82) is 0 Å². The Labute approximate surface area is 212 Å². The first kappa shape index (κ1) is 27.1. The monoisotopic (exact) mass is 497 g/mol. The van der Waals surface area contributed by atoms with Crippen molar-refractivity contribution in [3.8, 4) is 5.75 Å². The highest BCUT2D eigenvalue weighted by Gasteiger charge is 2.31. The van der Waals surface area contributed by atoms with Crippen LogP contribution in [0, 0.1) is 5.92 Å². The molecule has 194 valence electrons. The van der Waals surface area contributed by atoms with E-state index in [-0.39, 0.29) is 48.1 Å². The summed E-state index contributed by atoms with van der Waals surface area (Å²) >= 11 is 0. The highest BCUT2D eigenvalue weighted by atomic mass is 16.5. The quantitative estimate of drug-likeness (QED) is 0.676. The zero-order valence-corrected chi connectivity index (χ0v) is 21.6. The van der Waals surface area contributed by atoms with E-state index in [4.69, 9.17) is 9.47 Å². The number of hydrogen-bond acceptors (Lipinski definition) is 7. The SMILES string of the molecule is CCCC(=O)Nc1ccc2c(c1)C(=O)N(C)C[C@@H](OC)[C@@H](C)CN(C(=O)c1cnccn1)[C@@H](C)CO2. The third-order valence-corrected chi connectivity index (χ3v) is 6.25. The summed E-state index contributed by atoms with van der Waals surface area (Å²) in [7, 11) is 3.30. The second kappa shape index (κ2) is 12.4. The van der Waals surface area contributed by atoms with Crippen LogP contribution in [-0.4, -0.2) is 83.5 Å². The predicted octanol–water partition coefficient (Wildman–Crippen LogP) is 2.86. The van der Waals surface area contributed by atoms with E-state index >= 15 is 0 Å². The van der Waals surface area contributed by atoms with Gasteiger partial charge < -0.3 is 24.6 Å². The highest BCUT2D eigenvalue weighted by molar-refractivity contribution is 5.99. The number of hydrogen-bond donors (Lipinski definition) is 1. The molecule has 3 atom stereocenters. The molecule has 0 spiro atoms. The smallest absolute Gasteiger partial charge is 0.274 e. The van der Waals surface area contributed by atoms with Gasteiger partial charge in [0.15, 0.2) is 0 Å². The Bertz CT molecular complexity index is 1060. The van der Waals surface area contributed by atoms with E-state index in [1.807, 2.05) is 20.8 Å². The number of likely N-dealkylation sites (N-methyl/N-ethyl adjacent to an activating group) is 1. The molecule has 2 aromatic rings. The lowest BCUT2D eigenvalue weighted by atomic mass is 10.0. The lowest BCUT2D eigenvalue weighted by Crippen LogP contribution is -2.48. The Hall–Kier alpha value is -3.53. The van der Waals surface area contributed by atoms with Gasteiger partial charge in [0.2, 0.25) is 5.91 Å². The largest absolute Gasteiger partial charge is 0.491 e. The molecular formula is C26H35N5O5. The molecule has 1 aliphatic rings. The number of anilines is 1. The molecule has 0 unspecified atom stereocenters. The van der Waals surface area contributed by atoms with E-state index in [9.17, 15) is 14.4 Å². The molecule has 0 fully saturated rings. The Morgan fingerprint density at radius 1 is 1.22 bits per heavy atom. The summed E-state index contributed by atoms with van der Waals surface area (Å²) in [4.78, 5) is 50.4. The Morgan fingerprint density at radius 3 is 2.67 bits per heavy atom. The lowest BCUT2D eigenvalue weighted by Gasteiger charge is -2.35. The Morgan fingerprint density at radius 2 is 2.00 bits per heavy atom. The molecule has 0 radical (unpaired) electrons. The van der Waals surface area contributed by atoms with Gasteiger partial charge in [-0.05, 0) is 31.5 Å². The molecule has 10 nitrogen and oxygen atoms in total. The number of nitrogens with one attached hydrogen (secondary N) is 1. The summed E-state index contributed by atoms with van der Waals surface area (Å²) < 4.78 is 11.8. The summed E-state index contributed by atoms with van der Waals surface area (Å²) in [6.45, 7) is 6.65. The van der Waals surface area contributed by atoms with E-state index < -0.39 is 0 Å². The van der Waals surface area contributed by atoms with E-state index in [2.05, 4.69) is 15.3 Å². The van der Waals surface area contributed by atoms with Crippen LogP contribution in [0.4, 0.5) is 5.69 Å². The molecular weight excluding hydrogens is 462 g/mol. The van der Waals surface area contributed by atoms with Crippen LogP contribution in [0.15, 0.2) is 36.8 Å². The molecule has 1 aromatic heterocycles. The van der Waals surface area contributed by atoms with Gasteiger partial charge in [-0.1, -0.05) is 13.8 Å². The fraction of sp³-hybridized carbons (Fsp3) is 0.500. The number of benzene rings is 1. The number of methoxy groups -OCH3 is 1. The summed E-state index contributed by atoms with van der Waals surface area (Å²) in [5.41, 5.74) is 1.10. The predicted molar refractivity (Wildman–Crippen MR) is 135 cm³/mol. The van der Waals surface area contributed by atoms with Gasteiger partial charge in [-0.2, -0.15) is 0 Å². The molecule has 3 amide bonds. The minimum Gasteiger partial charge on any atom is -0.491 e. The zero-order valence-electron chi connectivity index (χ0n) is 21.6. The molecule has 1 N–H and O–H groups in total. The lowest BCUT2D eigenvalue weighted by molar-refractivity contribution is -0.116. The van der Waals surface area contributed by atoms with Crippen molar-refractivity contribution in [2.45, 2.75) is 45.8 Å². The van der Waals surface area contributed by atoms with Crippen LogP contribution in [0.5, 0.6) is 5.75 Å². The first-order chi connectivity index (χ1) is 17.2. The van der Waals surface area contributed by atoms with E-state index in [1.165, 1.54) is 18.6 Å². The van der Waals surface area contributed by atoms with Crippen LogP contribution in [0.3, 0.4) is 0 Å². The van der Waals surface area contributed by atoms with Crippen LogP contribution in [0.2, 0.25) is 0 Å². The van der Waals surface area contributed by atoms with Crippen molar-refractivity contribution in [2.24, 2.45) is 5.92 Å². The third-order valence-electron chi connectivity index (χ3n) is 6.25. The van der Waals surface area contributed by atoms with Gasteiger partial charge in [0.05, 0.1) is 23.9 Å². The van der Waals surface area contributed by atoms with Crippen molar-refractivity contribution in [1.82, 2.24) is 19.8 Å². The van der Waals surface area contributed by atoms with Gasteiger partial charge in [0.1, 0.15) is 18.1 Å². The van der Waals surface area contributed by atoms with Crippen molar-refractivity contribution >= 4 is 23.4 Å². The zero-order chi connectivity index (χ0) is 26.2. The number of amides is 3. The second-order valence-electron chi connectivity index (χ2n) is 9.15. The minimum absolute atomic E-state index is 0.0908. The number of carbonyl (C=O) groups is 3. The summed E-state index contributed by atoms with van der Waals surface area (Å²) in [5.74, 6) is -0.330. The Balaban J connectivity index is 1.96. The normalized spacial score (nSPS) is 21.0. The Kier molecular flexibility index (Phi) is 9.35. The van der Waals surface area contributed by atoms with Crippen molar-refractivity contribution in [2.75, 3.05) is 39.2 Å². The molecule has 0 bridgehead atoms. The van der Waals surface area contributed by atoms with Crippen LogP contribution in [-0.2, 0) is 9.53 Å². The van der Waals surface area contributed by atoms with Gasteiger partial charge in [0, 0.05) is 57.7 Å². The molecule has 1 aliphatic heterocycles. The minimum atomic E-state index is -0.330. The highest BCUT2D eigenvalue weighted by Crippen LogP contribution is 2.27. The van der Waals surface area contributed by atoms with Gasteiger partial charge in [0.25, 0.3) is 11.8 Å². The number of ether oxygens (including phenoxy) is 2. The molecule has 0 saturated heterocycles. The number of carbonyl (C=O) groups excluding carboxylic acids is 3. The van der Waals surface area contributed by atoms with Gasteiger partial charge in [-0.25, -0.2) is 4.98 Å². The number of fused-ring (bicyclic) bond motifs is 1. The average Bonchev–Trinajstić information content (AvgIpc) is 2.88. The number of nitrogens with zero attached hydrogens (tertiary/aromatic N) is 4. The molecule has 2 heterocycles. The fourth-order valence-electron chi connectivity index (χ4n) is 4.14. The van der Waals surface area contributed by atoms with Gasteiger partial charge >= 0.3 is 0 Å². The van der Waals surface area contributed by atoms with E-state index in [0.29, 0.717) is 36.5 Å². The molecule has 0 saturated carbocycles. The number of aromatic nitrogens is 2. The van der Waals surface area contributed by atoms with Crippen LogP contribution in [0.25, 0.3) is 0 Å². The van der Waals surface area contributed by atoms with Crippen LogP contribution in [0.1, 0.15) is 54.5 Å². The van der Waals surface area contributed by atoms with Crippen LogP contribution >= 0.6 is 0 Å². The van der Waals surface area contributed by atoms with Crippen molar-refractivity contribution < 1.29 is 23.9 Å². The molecule has 1 aromatic carbocycles. The maximum Gasteiger partial charge on any atom is 0.274 e. The maximum absolute atomic E-state index is 13.4. The fourth-order valence-corrected chi connectivity index (χ4v) is 4.14. The standard InChI is InChI=1S/C26H35N5O5/c1-6-7-24(32)29-19-8-9-22-20(12-19)25(33)30(4)15-23(35-5)17(2)14-31(18(3)16-36-22)26(34)21-13-27-10-11-28-21/h8-13,17-18,23H,6-7,14-16H2,1-5H3,(H,29,32)/t17-,18-,23+/m0/s1. The van der Waals surface area contributed by atoms with Crippen LogP contribution < -0.4 is 10.1 Å². The second-order valence-corrected chi connectivity index (χ2v) is 9.15. The first-order valence-electron chi connectivity index (χ1n) is 12.2. The molecule has 0 aliphatic carbocycles.